The molecule has 2 unspecified atom stereocenters. The summed E-state index contributed by atoms with van der Waals surface area (Å²) in [6, 6.07) is 16.2. The maximum Gasteiger partial charge on any atom is 0.410 e. The minimum absolute atomic E-state index is 0.107. The zero-order valence-electron chi connectivity index (χ0n) is 14.9. The molecular formula is C22H20N2O3. The number of carbonyl (C=O) groups excluding carboxylic acids is 1. The molecule has 2 aliphatic rings. The molecule has 2 atom stereocenters. The van der Waals surface area contributed by atoms with E-state index in [0.29, 0.717) is 6.61 Å². The molecule has 5 rings (SSSR count). The van der Waals surface area contributed by atoms with Crippen molar-refractivity contribution in [2.45, 2.75) is 38.0 Å². The Balaban J connectivity index is 1.33. The van der Waals surface area contributed by atoms with Crippen LogP contribution >= 0.6 is 0 Å². The maximum atomic E-state index is 12.7. The van der Waals surface area contributed by atoms with E-state index < -0.39 is 0 Å². The van der Waals surface area contributed by atoms with Gasteiger partial charge in [-0.15, -0.1) is 0 Å². The maximum absolute atomic E-state index is 12.7. The molecule has 1 saturated heterocycles. The summed E-state index contributed by atoms with van der Waals surface area (Å²) in [6.45, 7) is 0.314. The lowest BCUT2D eigenvalue weighted by atomic mass is 9.95. The van der Waals surface area contributed by atoms with Crippen LogP contribution in [0.25, 0.3) is 16.7 Å². The summed E-state index contributed by atoms with van der Waals surface area (Å²) in [5.74, 6) is 0. The molecule has 1 fully saturated rings. The highest BCUT2D eigenvalue weighted by Crippen LogP contribution is 2.39. The number of oxazole rings is 1. The highest BCUT2D eigenvalue weighted by Gasteiger charge is 2.40. The van der Waals surface area contributed by atoms with Crippen molar-refractivity contribution in [1.29, 1.82) is 0 Å². The summed E-state index contributed by atoms with van der Waals surface area (Å²) in [6.07, 6.45) is 6.32. The Kier molecular flexibility index (Phi) is 3.93. The Bertz CT molecular complexity index is 1010. The van der Waals surface area contributed by atoms with E-state index in [9.17, 15) is 4.79 Å². The Morgan fingerprint density at radius 2 is 2.07 bits per heavy atom. The number of amides is 1. The minimum Gasteiger partial charge on any atom is -0.445 e. The van der Waals surface area contributed by atoms with Crippen LogP contribution in [0.1, 0.15) is 30.4 Å². The Morgan fingerprint density at radius 3 is 2.93 bits per heavy atom. The van der Waals surface area contributed by atoms with Crippen molar-refractivity contribution in [3.05, 3.63) is 72.1 Å². The zero-order valence-corrected chi connectivity index (χ0v) is 14.9. The van der Waals surface area contributed by atoms with Gasteiger partial charge < -0.3 is 9.15 Å². The van der Waals surface area contributed by atoms with Crippen LogP contribution in [0.3, 0.4) is 0 Å². The third-order valence-electron chi connectivity index (χ3n) is 5.51. The van der Waals surface area contributed by atoms with Gasteiger partial charge >= 0.3 is 6.09 Å². The summed E-state index contributed by atoms with van der Waals surface area (Å²) in [5, 5.41) is 0. The molecule has 0 N–H and O–H groups in total. The van der Waals surface area contributed by atoms with Gasteiger partial charge in [0.25, 0.3) is 0 Å². The molecule has 0 saturated carbocycles. The van der Waals surface area contributed by atoms with Crippen molar-refractivity contribution in [1.82, 2.24) is 9.88 Å². The SMILES string of the molecule is O=C(OCc1ccccc1)N1C2C=C(c3ccc4ocnc4c3)CC1CC2. The molecule has 2 bridgehead atoms. The van der Waals surface area contributed by atoms with Crippen LogP contribution in [-0.2, 0) is 11.3 Å². The van der Waals surface area contributed by atoms with Crippen molar-refractivity contribution in [2.75, 3.05) is 0 Å². The van der Waals surface area contributed by atoms with Gasteiger partial charge in [0.2, 0.25) is 0 Å². The van der Waals surface area contributed by atoms with Crippen molar-refractivity contribution < 1.29 is 13.9 Å². The molecule has 1 aromatic heterocycles. The molecule has 2 aliphatic heterocycles. The molecule has 5 nitrogen and oxygen atoms in total. The number of aromatic nitrogens is 1. The predicted octanol–water partition coefficient (Wildman–Crippen LogP) is 4.78. The number of ether oxygens (including phenoxy) is 1. The van der Waals surface area contributed by atoms with Gasteiger partial charge in [0.05, 0.1) is 6.04 Å². The molecule has 27 heavy (non-hydrogen) atoms. The van der Waals surface area contributed by atoms with Gasteiger partial charge in [0.15, 0.2) is 12.0 Å². The van der Waals surface area contributed by atoms with Crippen LogP contribution < -0.4 is 0 Å². The average Bonchev–Trinajstić information content (AvgIpc) is 3.28. The van der Waals surface area contributed by atoms with Gasteiger partial charge in [-0.3, -0.25) is 4.90 Å². The van der Waals surface area contributed by atoms with Crippen LogP contribution in [0.2, 0.25) is 0 Å². The quantitative estimate of drug-likeness (QED) is 0.674. The lowest BCUT2D eigenvalue weighted by Crippen LogP contribution is -2.43. The molecule has 0 radical (unpaired) electrons. The Morgan fingerprint density at radius 1 is 1.19 bits per heavy atom. The fourth-order valence-corrected chi connectivity index (χ4v) is 4.18. The Labute approximate surface area is 157 Å². The monoisotopic (exact) mass is 360 g/mol. The highest BCUT2D eigenvalue weighted by molar-refractivity contribution is 5.81. The van der Waals surface area contributed by atoms with Crippen molar-refractivity contribution in [3.63, 3.8) is 0 Å². The number of rotatable bonds is 3. The molecule has 3 heterocycles. The Hall–Kier alpha value is -3.08. The van der Waals surface area contributed by atoms with Crippen molar-refractivity contribution in [2.24, 2.45) is 0 Å². The fraction of sp³-hybridized carbons (Fsp3) is 0.273. The molecule has 2 aromatic carbocycles. The highest BCUT2D eigenvalue weighted by atomic mass is 16.6. The number of hydrogen-bond donors (Lipinski definition) is 0. The molecule has 0 aliphatic carbocycles. The van der Waals surface area contributed by atoms with Gasteiger partial charge in [-0.2, -0.15) is 0 Å². The minimum atomic E-state index is -0.214. The van der Waals surface area contributed by atoms with Gasteiger partial charge in [-0.05, 0) is 48.1 Å². The molecule has 5 heteroatoms. The van der Waals surface area contributed by atoms with E-state index in [1.807, 2.05) is 41.3 Å². The summed E-state index contributed by atoms with van der Waals surface area (Å²) >= 11 is 0. The zero-order chi connectivity index (χ0) is 18.2. The van der Waals surface area contributed by atoms with E-state index in [4.69, 9.17) is 9.15 Å². The van der Waals surface area contributed by atoms with Gasteiger partial charge in [-0.1, -0.05) is 42.5 Å². The second kappa shape index (κ2) is 6.58. The first kappa shape index (κ1) is 16.1. The number of benzene rings is 2. The van der Waals surface area contributed by atoms with Crippen molar-refractivity contribution >= 4 is 22.8 Å². The third kappa shape index (κ3) is 2.99. The average molecular weight is 360 g/mol. The van der Waals surface area contributed by atoms with E-state index in [1.54, 1.807) is 0 Å². The summed E-state index contributed by atoms with van der Waals surface area (Å²) in [5.41, 5.74) is 5.10. The number of hydrogen-bond acceptors (Lipinski definition) is 4. The fourth-order valence-electron chi connectivity index (χ4n) is 4.18. The summed E-state index contributed by atoms with van der Waals surface area (Å²) in [7, 11) is 0. The van der Waals surface area contributed by atoms with E-state index in [2.05, 4.69) is 23.2 Å². The summed E-state index contributed by atoms with van der Waals surface area (Å²) < 4.78 is 10.9. The van der Waals surface area contributed by atoms with Gasteiger partial charge in [0, 0.05) is 6.04 Å². The molecule has 0 spiro atoms. The number of nitrogens with zero attached hydrogens (tertiary/aromatic N) is 2. The van der Waals surface area contributed by atoms with Crippen LogP contribution in [0.5, 0.6) is 0 Å². The largest absolute Gasteiger partial charge is 0.445 e. The second-order valence-electron chi connectivity index (χ2n) is 7.18. The van der Waals surface area contributed by atoms with Crippen LogP contribution in [0.15, 0.2) is 65.4 Å². The van der Waals surface area contributed by atoms with Crippen LogP contribution in [-0.4, -0.2) is 28.1 Å². The van der Waals surface area contributed by atoms with Crippen LogP contribution in [0.4, 0.5) is 4.79 Å². The number of fused-ring (bicyclic) bond motifs is 3. The summed E-state index contributed by atoms with van der Waals surface area (Å²) in [4.78, 5) is 18.8. The third-order valence-corrected chi connectivity index (χ3v) is 5.51. The van der Waals surface area contributed by atoms with Crippen molar-refractivity contribution in [3.8, 4) is 0 Å². The lowest BCUT2D eigenvalue weighted by Gasteiger charge is -2.33. The van der Waals surface area contributed by atoms with E-state index in [-0.39, 0.29) is 18.2 Å². The van der Waals surface area contributed by atoms with E-state index >= 15 is 0 Å². The number of carbonyl (C=O) groups is 1. The van der Waals surface area contributed by atoms with E-state index in [0.717, 1.165) is 41.5 Å². The topological polar surface area (TPSA) is 55.6 Å². The van der Waals surface area contributed by atoms with Crippen LogP contribution in [0, 0.1) is 0 Å². The van der Waals surface area contributed by atoms with Gasteiger partial charge in [-0.25, -0.2) is 9.78 Å². The first-order valence-corrected chi connectivity index (χ1v) is 9.31. The molecule has 136 valence electrons. The van der Waals surface area contributed by atoms with E-state index in [1.165, 1.54) is 12.0 Å². The first-order valence-electron chi connectivity index (χ1n) is 9.31. The van der Waals surface area contributed by atoms with Gasteiger partial charge in [0.1, 0.15) is 12.1 Å². The first-order chi connectivity index (χ1) is 13.3. The molecule has 1 amide bonds. The smallest absolute Gasteiger partial charge is 0.410 e. The lowest BCUT2D eigenvalue weighted by molar-refractivity contribution is 0.0832. The predicted molar refractivity (Wildman–Crippen MR) is 102 cm³/mol. The molecular weight excluding hydrogens is 340 g/mol. The molecule has 3 aromatic rings. The normalized spacial score (nSPS) is 21.3. The second-order valence-corrected chi connectivity index (χ2v) is 7.18. The standard InChI is InChI=1S/C22H20N2O3/c25-22(26-13-15-4-2-1-3-5-15)24-18-7-8-19(24)11-17(10-18)16-6-9-21-20(12-16)23-14-27-21/h1-6,9-10,12,14,18-19H,7-8,11,13H2.